The van der Waals surface area contributed by atoms with Gasteiger partial charge in [0, 0.05) is 24.6 Å². The van der Waals surface area contributed by atoms with Gasteiger partial charge in [0.2, 0.25) is 5.91 Å². The Morgan fingerprint density at radius 1 is 1.53 bits per heavy atom. The Hall–Kier alpha value is -1.46. The van der Waals surface area contributed by atoms with Gasteiger partial charge in [-0.15, -0.1) is 0 Å². The molecule has 2 heterocycles. The van der Waals surface area contributed by atoms with Gasteiger partial charge in [-0.2, -0.15) is 0 Å². The van der Waals surface area contributed by atoms with Gasteiger partial charge >= 0.3 is 0 Å². The summed E-state index contributed by atoms with van der Waals surface area (Å²) in [6.07, 6.45) is 3.29. The summed E-state index contributed by atoms with van der Waals surface area (Å²) >= 11 is 0. The summed E-state index contributed by atoms with van der Waals surface area (Å²) in [7, 11) is 0. The van der Waals surface area contributed by atoms with Crippen molar-refractivity contribution in [3.8, 4) is 0 Å². The van der Waals surface area contributed by atoms with E-state index in [-0.39, 0.29) is 11.9 Å². The third-order valence-electron chi connectivity index (χ3n) is 2.37. The summed E-state index contributed by atoms with van der Waals surface area (Å²) in [6.45, 7) is 0.481. The maximum Gasteiger partial charge on any atom is 0.241 e. The molecule has 0 radical (unpaired) electrons. The third-order valence-corrected chi connectivity index (χ3v) is 2.37. The molecule has 1 aromatic heterocycles. The maximum absolute atomic E-state index is 11.7. The molecule has 1 fully saturated rings. The number of aromatic nitrogens is 1. The maximum atomic E-state index is 11.7. The molecule has 1 amide bonds. The SMILES string of the molecule is O=C(Nc1ccncc1)C1CC(O)CN1. The minimum Gasteiger partial charge on any atom is -0.392 e. The van der Waals surface area contributed by atoms with Crippen molar-refractivity contribution in [3.63, 3.8) is 0 Å². The fourth-order valence-electron chi connectivity index (χ4n) is 1.58. The van der Waals surface area contributed by atoms with Gasteiger partial charge < -0.3 is 15.7 Å². The number of rotatable bonds is 2. The number of pyridine rings is 1. The molecule has 2 unspecified atom stereocenters. The van der Waals surface area contributed by atoms with Crippen molar-refractivity contribution < 1.29 is 9.90 Å². The molecule has 1 saturated heterocycles. The number of nitrogens with zero attached hydrogens (tertiary/aromatic N) is 1. The molecule has 1 aromatic rings. The van der Waals surface area contributed by atoms with Crippen LogP contribution in [0.2, 0.25) is 0 Å². The zero-order valence-corrected chi connectivity index (χ0v) is 8.18. The van der Waals surface area contributed by atoms with E-state index in [0.29, 0.717) is 13.0 Å². The first-order valence-electron chi connectivity index (χ1n) is 4.88. The fourth-order valence-corrected chi connectivity index (χ4v) is 1.58. The van der Waals surface area contributed by atoms with Crippen LogP contribution in [0.1, 0.15) is 6.42 Å². The van der Waals surface area contributed by atoms with Crippen LogP contribution in [0.15, 0.2) is 24.5 Å². The number of hydrogen-bond donors (Lipinski definition) is 3. The van der Waals surface area contributed by atoms with Crippen molar-refractivity contribution >= 4 is 11.6 Å². The quantitative estimate of drug-likeness (QED) is 0.625. The first kappa shape index (κ1) is 10.1. The van der Waals surface area contributed by atoms with Crippen LogP contribution in [0.25, 0.3) is 0 Å². The second-order valence-corrected chi connectivity index (χ2v) is 3.58. The van der Waals surface area contributed by atoms with Gasteiger partial charge in [-0.3, -0.25) is 9.78 Å². The molecule has 0 aromatic carbocycles. The monoisotopic (exact) mass is 207 g/mol. The topological polar surface area (TPSA) is 74.2 Å². The number of hydrogen-bond acceptors (Lipinski definition) is 4. The Bertz CT molecular complexity index is 342. The van der Waals surface area contributed by atoms with Crippen molar-refractivity contribution in [3.05, 3.63) is 24.5 Å². The Labute approximate surface area is 87.5 Å². The molecule has 2 rings (SSSR count). The number of β-amino-alcohol motifs (C(OH)–C–C–N with tert-alkyl or cyclic N) is 1. The molecule has 2 atom stereocenters. The molecule has 15 heavy (non-hydrogen) atoms. The number of aliphatic hydroxyl groups is 1. The van der Waals surface area contributed by atoms with E-state index in [1.54, 1.807) is 24.5 Å². The Kier molecular flexibility index (Phi) is 2.94. The van der Waals surface area contributed by atoms with E-state index in [1.807, 2.05) is 0 Å². The summed E-state index contributed by atoms with van der Waals surface area (Å²) in [5, 5.41) is 15.0. The van der Waals surface area contributed by atoms with Gasteiger partial charge in [-0.05, 0) is 18.6 Å². The molecule has 0 bridgehead atoms. The van der Waals surface area contributed by atoms with Gasteiger partial charge in [0.15, 0.2) is 0 Å². The van der Waals surface area contributed by atoms with Crippen LogP contribution in [0.3, 0.4) is 0 Å². The molecule has 5 heteroatoms. The second kappa shape index (κ2) is 4.37. The Morgan fingerprint density at radius 3 is 2.87 bits per heavy atom. The summed E-state index contributed by atoms with van der Waals surface area (Å²) in [4.78, 5) is 15.5. The van der Waals surface area contributed by atoms with Gasteiger partial charge in [0.05, 0.1) is 12.1 Å². The smallest absolute Gasteiger partial charge is 0.241 e. The van der Waals surface area contributed by atoms with E-state index in [4.69, 9.17) is 0 Å². The number of aliphatic hydroxyl groups excluding tert-OH is 1. The Morgan fingerprint density at radius 2 is 2.27 bits per heavy atom. The predicted octanol–water partition coefficient (Wildman–Crippen LogP) is -0.257. The lowest BCUT2D eigenvalue weighted by atomic mass is 10.2. The molecule has 1 aliphatic heterocycles. The first-order chi connectivity index (χ1) is 7.25. The lowest BCUT2D eigenvalue weighted by Gasteiger charge is -2.10. The van der Waals surface area contributed by atoms with Crippen LogP contribution in [0.4, 0.5) is 5.69 Å². The first-order valence-corrected chi connectivity index (χ1v) is 4.88. The summed E-state index contributed by atoms with van der Waals surface area (Å²) < 4.78 is 0. The summed E-state index contributed by atoms with van der Waals surface area (Å²) in [5.74, 6) is -0.113. The highest BCUT2D eigenvalue weighted by molar-refractivity contribution is 5.94. The molecule has 1 aliphatic rings. The minimum absolute atomic E-state index is 0.113. The molecule has 3 N–H and O–H groups in total. The van der Waals surface area contributed by atoms with Crippen LogP contribution in [-0.4, -0.2) is 34.7 Å². The molecule has 80 valence electrons. The summed E-state index contributed by atoms with van der Waals surface area (Å²) in [6, 6.07) is 3.15. The second-order valence-electron chi connectivity index (χ2n) is 3.58. The largest absolute Gasteiger partial charge is 0.392 e. The van der Waals surface area contributed by atoms with Crippen molar-refractivity contribution in [1.29, 1.82) is 0 Å². The zero-order chi connectivity index (χ0) is 10.7. The lowest BCUT2D eigenvalue weighted by Crippen LogP contribution is -2.35. The van der Waals surface area contributed by atoms with Gasteiger partial charge in [-0.1, -0.05) is 0 Å². The van der Waals surface area contributed by atoms with Crippen molar-refractivity contribution in [2.75, 3.05) is 11.9 Å². The zero-order valence-electron chi connectivity index (χ0n) is 8.18. The fraction of sp³-hybridized carbons (Fsp3) is 0.400. The lowest BCUT2D eigenvalue weighted by molar-refractivity contribution is -0.117. The van der Waals surface area contributed by atoms with Gasteiger partial charge in [-0.25, -0.2) is 0 Å². The highest BCUT2D eigenvalue weighted by Crippen LogP contribution is 2.10. The average Bonchev–Trinajstić information content (AvgIpc) is 2.66. The third kappa shape index (κ3) is 2.51. The molecular weight excluding hydrogens is 194 g/mol. The van der Waals surface area contributed by atoms with Crippen LogP contribution in [0.5, 0.6) is 0 Å². The normalized spacial score (nSPS) is 25.1. The van der Waals surface area contributed by atoms with E-state index >= 15 is 0 Å². The Balaban J connectivity index is 1.93. The highest BCUT2D eigenvalue weighted by Gasteiger charge is 2.27. The van der Waals surface area contributed by atoms with Crippen molar-refractivity contribution in [2.24, 2.45) is 0 Å². The molecule has 0 saturated carbocycles. The number of nitrogens with one attached hydrogen (secondary N) is 2. The van der Waals surface area contributed by atoms with E-state index in [0.717, 1.165) is 5.69 Å². The van der Waals surface area contributed by atoms with E-state index in [9.17, 15) is 9.90 Å². The van der Waals surface area contributed by atoms with Crippen LogP contribution in [0, 0.1) is 0 Å². The number of anilines is 1. The number of carbonyl (C=O) groups excluding carboxylic acids is 1. The predicted molar refractivity (Wildman–Crippen MR) is 55.3 cm³/mol. The average molecular weight is 207 g/mol. The molecular formula is C10H13N3O2. The number of carbonyl (C=O) groups is 1. The van der Waals surface area contributed by atoms with Crippen molar-refractivity contribution in [2.45, 2.75) is 18.6 Å². The standard InChI is InChI=1S/C10H13N3O2/c14-8-5-9(12-6-8)10(15)13-7-1-3-11-4-2-7/h1-4,8-9,12,14H,5-6H2,(H,11,13,15). The molecule has 5 nitrogen and oxygen atoms in total. The number of amides is 1. The molecule has 0 spiro atoms. The van der Waals surface area contributed by atoms with E-state index in [1.165, 1.54) is 0 Å². The van der Waals surface area contributed by atoms with E-state index < -0.39 is 6.10 Å². The summed E-state index contributed by atoms with van der Waals surface area (Å²) in [5.41, 5.74) is 0.721. The van der Waals surface area contributed by atoms with E-state index in [2.05, 4.69) is 15.6 Å². The van der Waals surface area contributed by atoms with Crippen LogP contribution in [-0.2, 0) is 4.79 Å². The van der Waals surface area contributed by atoms with Crippen molar-refractivity contribution in [1.82, 2.24) is 10.3 Å². The highest BCUT2D eigenvalue weighted by atomic mass is 16.3. The minimum atomic E-state index is -0.418. The molecule has 0 aliphatic carbocycles. The van der Waals surface area contributed by atoms with Gasteiger partial charge in [0.25, 0.3) is 0 Å². The van der Waals surface area contributed by atoms with Crippen LogP contribution < -0.4 is 10.6 Å². The van der Waals surface area contributed by atoms with Gasteiger partial charge in [0.1, 0.15) is 0 Å². The van der Waals surface area contributed by atoms with Crippen LogP contribution >= 0.6 is 0 Å².